The second-order valence-corrected chi connectivity index (χ2v) is 8.80. The molecule has 3 rings (SSSR count). The van der Waals surface area contributed by atoms with Gasteiger partial charge >= 0.3 is 0 Å². The Bertz CT molecular complexity index is 987. The van der Waals surface area contributed by atoms with Gasteiger partial charge in [-0.15, -0.1) is 0 Å². The maximum Gasteiger partial charge on any atom is 0.270 e. The number of hydrogen-bond donors (Lipinski definition) is 0. The van der Waals surface area contributed by atoms with Gasteiger partial charge in [-0.2, -0.15) is 5.26 Å². The van der Waals surface area contributed by atoms with Crippen LogP contribution in [0.4, 0.5) is 5.82 Å². The lowest BCUT2D eigenvalue weighted by molar-refractivity contribution is -0.123. The molecule has 2 fully saturated rings. The number of rotatable bonds is 4. The first-order valence-electron chi connectivity index (χ1n) is 9.55. The zero-order valence-electron chi connectivity index (χ0n) is 17.0. The minimum Gasteiger partial charge on any atom is -0.378 e. The maximum atomic E-state index is 13.0. The van der Waals surface area contributed by atoms with E-state index in [1.165, 1.54) is 16.3 Å². The lowest BCUT2D eigenvalue weighted by atomic mass is 10.0. The van der Waals surface area contributed by atoms with Gasteiger partial charge in [-0.05, 0) is 31.9 Å². The van der Waals surface area contributed by atoms with Crippen LogP contribution >= 0.6 is 24.0 Å². The van der Waals surface area contributed by atoms with Gasteiger partial charge in [-0.1, -0.05) is 30.9 Å². The lowest BCUT2D eigenvalue weighted by Gasteiger charge is -2.32. The van der Waals surface area contributed by atoms with E-state index in [9.17, 15) is 14.9 Å². The maximum absolute atomic E-state index is 13.0. The number of thioether (sulfide) groups is 1. The predicted molar refractivity (Wildman–Crippen MR) is 119 cm³/mol. The van der Waals surface area contributed by atoms with Gasteiger partial charge in [0.25, 0.3) is 11.5 Å². The fourth-order valence-corrected chi connectivity index (χ4v) is 4.99. The lowest BCUT2D eigenvalue weighted by Crippen LogP contribution is -2.40. The van der Waals surface area contributed by atoms with Crippen molar-refractivity contribution < 1.29 is 9.53 Å². The van der Waals surface area contributed by atoms with E-state index in [0.717, 1.165) is 6.42 Å². The SMILES string of the molecule is CC[C@@H](C)N1C(=O)/C(=C/c2c(C)c(C#N)c(=O)n(C)c2N2CCOCC2)SC1=S. The van der Waals surface area contributed by atoms with Crippen molar-refractivity contribution in [1.82, 2.24) is 9.47 Å². The van der Waals surface area contributed by atoms with E-state index in [2.05, 4.69) is 4.90 Å². The fourth-order valence-electron chi connectivity index (χ4n) is 3.54. The summed E-state index contributed by atoms with van der Waals surface area (Å²) in [6, 6.07) is 2.04. The van der Waals surface area contributed by atoms with Gasteiger partial charge in [0.15, 0.2) is 0 Å². The third kappa shape index (κ3) is 3.84. The second kappa shape index (κ2) is 8.69. The fraction of sp³-hybridized carbons (Fsp3) is 0.500. The number of nitriles is 1. The summed E-state index contributed by atoms with van der Waals surface area (Å²) in [7, 11) is 1.66. The van der Waals surface area contributed by atoms with E-state index in [0.29, 0.717) is 52.5 Å². The molecule has 1 aromatic heterocycles. The zero-order chi connectivity index (χ0) is 21.3. The molecular formula is C20H24N4O3S2. The van der Waals surface area contributed by atoms with Crippen LogP contribution < -0.4 is 10.5 Å². The number of thiocarbonyl (C=S) groups is 1. The number of ether oxygens (including phenoxy) is 1. The molecule has 3 heterocycles. The molecule has 1 atom stereocenters. The van der Waals surface area contributed by atoms with Crippen LogP contribution in [0.15, 0.2) is 9.70 Å². The molecule has 0 bridgehead atoms. The summed E-state index contributed by atoms with van der Waals surface area (Å²) in [5, 5.41) is 9.53. The highest BCUT2D eigenvalue weighted by atomic mass is 32.2. The highest BCUT2D eigenvalue weighted by Crippen LogP contribution is 2.37. The molecule has 0 N–H and O–H groups in total. The van der Waals surface area contributed by atoms with Crippen LogP contribution in [0, 0.1) is 18.3 Å². The van der Waals surface area contributed by atoms with Crippen molar-refractivity contribution in [2.75, 3.05) is 31.2 Å². The van der Waals surface area contributed by atoms with Crippen molar-refractivity contribution >= 4 is 46.1 Å². The third-order valence-electron chi connectivity index (χ3n) is 5.41. The normalized spacial score (nSPS) is 19.8. The first kappa shape index (κ1) is 21.6. The molecule has 7 nitrogen and oxygen atoms in total. The van der Waals surface area contributed by atoms with Crippen molar-refractivity contribution in [3.05, 3.63) is 31.9 Å². The standard InChI is InChI=1S/C20H24N4O3S2/c1-5-12(2)24-19(26)16(29-20(24)28)10-14-13(3)15(11-21)18(25)22(4)17(14)23-6-8-27-9-7-23/h10,12H,5-9H2,1-4H3/b16-10-/t12-/m1/s1. The monoisotopic (exact) mass is 432 g/mol. The quantitative estimate of drug-likeness (QED) is 0.534. The summed E-state index contributed by atoms with van der Waals surface area (Å²) in [6.45, 7) is 8.12. The largest absolute Gasteiger partial charge is 0.378 e. The van der Waals surface area contributed by atoms with Crippen molar-refractivity contribution in [2.24, 2.45) is 7.05 Å². The van der Waals surface area contributed by atoms with Gasteiger partial charge in [0, 0.05) is 31.7 Å². The van der Waals surface area contributed by atoms with E-state index in [-0.39, 0.29) is 23.1 Å². The Labute approximate surface area is 179 Å². The summed E-state index contributed by atoms with van der Waals surface area (Å²) in [5.74, 6) is 0.567. The van der Waals surface area contributed by atoms with Crippen LogP contribution in [0.1, 0.15) is 37.0 Å². The van der Waals surface area contributed by atoms with Crippen LogP contribution in [0.3, 0.4) is 0 Å². The Kier molecular flexibility index (Phi) is 6.46. The Hall–Kier alpha value is -2.15. The molecule has 2 aliphatic rings. The van der Waals surface area contributed by atoms with Crippen molar-refractivity contribution in [3.8, 4) is 6.07 Å². The first-order valence-corrected chi connectivity index (χ1v) is 10.8. The summed E-state index contributed by atoms with van der Waals surface area (Å²) in [5.41, 5.74) is 1.03. The van der Waals surface area contributed by atoms with Crippen LogP contribution in [0.25, 0.3) is 6.08 Å². The number of amides is 1. The minimum atomic E-state index is -0.337. The van der Waals surface area contributed by atoms with Gasteiger partial charge in [0.2, 0.25) is 0 Å². The first-order chi connectivity index (χ1) is 13.8. The number of nitrogens with zero attached hydrogens (tertiary/aromatic N) is 4. The van der Waals surface area contributed by atoms with Crippen molar-refractivity contribution in [3.63, 3.8) is 0 Å². The average Bonchev–Trinajstić information content (AvgIpc) is 3.00. The molecule has 1 aromatic rings. The molecular weight excluding hydrogens is 408 g/mol. The molecule has 0 spiro atoms. The molecule has 2 saturated heterocycles. The summed E-state index contributed by atoms with van der Waals surface area (Å²) in [6.07, 6.45) is 2.58. The summed E-state index contributed by atoms with van der Waals surface area (Å²) in [4.78, 5) is 30.0. The number of carbonyl (C=O) groups excluding carboxylic acids is 1. The molecule has 0 aromatic carbocycles. The van der Waals surface area contributed by atoms with Crippen LogP contribution in [0.2, 0.25) is 0 Å². The van der Waals surface area contributed by atoms with E-state index in [4.69, 9.17) is 17.0 Å². The highest BCUT2D eigenvalue weighted by Gasteiger charge is 2.35. The predicted octanol–water partition coefficient (Wildman–Crippen LogP) is 2.40. The molecule has 0 saturated carbocycles. The van der Waals surface area contributed by atoms with Gasteiger partial charge in [-0.3, -0.25) is 19.1 Å². The van der Waals surface area contributed by atoms with Crippen LogP contribution in [0.5, 0.6) is 0 Å². The Morgan fingerprint density at radius 1 is 1.34 bits per heavy atom. The number of aromatic nitrogens is 1. The number of hydrogen-bond acceptors (Lipinski definition) is 7. The number of pyridine rings is 1. The highest BCUT2D eigenvalue weighted by molar-refractivity contribution is 8.26. The number of morpholine rings is 1. The van der Waals surface area contributed by atoms with Crippen molar-refractivity contribution in [1.29, 1.82) is 5.26 Å². The van der Waals surface area contributed by atoms with E-state index in [1.807, 2.05) is 19.9 Å². The second-order valence-electron chi connectivity index (χ2n) is 7.12. The number of anilines is 1. The number of carbonyl (C=O) groups is 1. The smallest absolute Gasteiger partial charge is 0.270 e. The molecule has 154 valence electrons. The zero-order valence-corrected chi connectivity index (χ0v) is 18.7. The van der Waals surface area contributed by atoms with E-state index in [1.54, 1.807) is 24.9 Å². The molecule has 1 amide bonds. The Morgan fingerprint density at radius 3 is 2.59 bits per heavy atom. The topological polar surface area (TPSA) is 78.6 Å². The van der Waals surface area contributed by atoms with Gasteiger partial charge in [-0.25, -0.2) is 0 Å². The summed E-state index contributed by atoms with van der Waals surface area (Å²) >= 11 is 6.70. The third-order valence-corrected chi connectivity index (χ3v) is 6.74. The van der Waals surface area contributed by atoms with Crippen LogP contribution in [-0.2, 0) is 16.6 Å². The molecule has 0 unspecified atom stereocenters. The van der Waals surface area contributed by atoms with Gasteiger partial charge in [0.05, 0.1) is 18.1 Å². The molecule has 2 aliphatic heterocycles. The van der Waals surface area contributed by atoms with Gasteiger partial charge < -0.3 is 9.64 Å². The molecule has 0 radical (unpaired) electrons. The summed E-state index contributed by atoms with van der Waals surface area (Å²) < 4.78 is 7.48. The van der Waals surface area contributed by atoms with Crippen molar-refractivity contribution in [2.45, 2.75) is 33.2 Å². The van der Waals surface area contributed by atoms with E-state index < -0.39 is 0 Å². The molecule has 29 heavy (non-hydrogen) atoms. The molecule has 0 aliphatic carbocycles. The Morgan fingerprint density at radius 2 is 2.00 bits per heavy atom. The minimum absolute atomic E-state index is 0.0167. The van der Waals surface area contributed by atoms with Gasteiger partial charge in [0.1, 0.15) is 21.8 Å². The molecule has 9 heteroatoms. The average molecular weight is 433 g/mol. The van der Waals surface area contributed by atoms with Crippen LogP contribution in [-0.4, -0.2) is 52.0 Å². The van der Waals surface area contributed by atoms with E-state index >= 15 is 0 Å². The Balaban J connectivity index is 2.18.